The fourth-order valence-electron chi connectivity index (χ4n) is 3.46. The molecule has 2 atom stereocenters. The van der Waals surface area contributed by atoms with Crippen molar-refractivity contribution in [2.75, 3.05) is 27.2 Å². The molecule has 2 unspecified atom stereocenters. The number of rotatable bonds is 6. The standard InChI is InChI=1S/C20H21F6N3O2/c1-11-7-12(29(2)31-11)9-27-10-16(30-3)14-8-17(20(24,25)26)28-18-13(14)5-4-6-15(18)19(21,22)23/h4-8,11,16,27H,9-10H2,1-3H3. The van der Waals surface area contributed by atoms with Crippen molar-refractivity contribution in [3.8, 4) is 0 Å². The van der Waals surface area contributed by atoms with Gasteiger partial charge in [0.2, 0.25) is 0 Å². The van der Waals surface area contributed by atoms with Crippen LogP contribution in [0, 0.1) is 0 Å². The van der Waals surface area contributed by atoms with Crippen LogP contribution in [-0.2, 0) is 21.9 Å². The average molecular weight is 449 g/mol. The van der Waals surface area contributed by atoms with Crippen molar-refractivity contribution in [1.82, 2.24) is 15.4 Å². The lowest BCUT2D eigenvalue weighted by molar-refractivity contribution is -0.142. The minimum Gasteiger partial charge on any atom is -0.375 e. The number of ether oxygens (including phenoxy) is 1. The summed E-state index contributed by atoms with van der Waals surface area (Å²) in [7, 11) is 3.00. The van der Waals surface area contributed by atoms with Gasteiger partial charge < -0.3 is 10.1 Å². The van der Waals surface area contributed by atoms with E-state index in [1.165, 1.54) is 13.2 Å². The van der Waals surface area contributed by atoms with Crippen LogP contribution in [0.4, 0.5) is 26.3 Å². The molecule has 31 heavy (non-hydrogen) atoms. The van der Waals surface area contributed by atoms with E-state index in [1.807, 2.05) is 13.0 Å². The molecule has 11 heteroatoms. The van der Waals surface area contributed by atoms with Crippen LogP contribution in [0.3, 0.4) is 0 Å². The molecule has 3 rings (SSSR count). The number of pyridine rings is 1. The molecule has 1 aromatic heterocycles. The van der Waals surface area contributed by atoms with E-state index in [0.717, 1.165) is 17.8 Å². The number of fused-ring (bicyclic) bond motifs is 1. The highest BCUT2D eigenvalue weighted by Crippen LogP contribution is 2.39. The molecular weight excluding hydrogens is 428 g/mol. The molecule has 1 aromatic carbocycles. The number of hydrogen-bond acceptors (Lipinski definition) is 5. The van der Waals surface area contributed by atoms with E-state index < -0.39 is 35.2 Å². The topological polar surface area (TPSA) is 46.6 Å². The zero-order valence-electron chi connectivity index (χ0n) is 16.9. The minimum atomic E-state index is -4.92. The summed E-state index contributed by atoms with van der Waals surface area (Å²) in [5, 5.41) is 4.57. The summed E-state index contributed by atoms with van der Waals surface area (Å²) in [6, 6.07) is 3.90. The van der Waals surface area contributed by atoms with Crippen molar-refractivity contribution in [3.63, 3.8) is 0 Å². The highest BCUT2D eigenvalue weighted by atomic mass is 19.4. The van der Waals surface area contributed by atoms with Gasteiger partial charge in [0.25, 0.3) is 0 Å². The first-order valence-electron chi connectivity index (χ1n) is 9.34. The van der Waals surface area contributed by atoms with Crippen LogP contribution in [0.2, 0.25) is 0 Å². The van der Waals surface area contributed by atoms with Gasteiger partial charge in [-0.3, -0.25) is 9.90 Å². The predicted octanol–water partition coefficient (Wildman–Crippen LogP) is 4.70. The third kappa shape index (κ3) is 5.10. The van der Waals surface area contributed by atoms with Crippen LogP contribution in [0.15, 0.2) is 36.0 Å². The number of nitrogens with zero attached hydrogens (tertiary/aromatic N) is 2. The highest BCUT2D eigenvalue weighted by Gasteiger charge is 2.38. The molecule has 2 heterocycles. The Morgan fingerprint density at radius 3 is 2.45 bits per heavy atom. The maximum absolute atomic E-state index is 13.4. The molecule has 0 fully saturated rings. The lowest BCUT2D eigenvalue weighted by Gasteiger charge is -2.22. The van der Waals surface area contributed by atoms with Gasteiger partial charge in [-0.1, -0.05) is 12.1 Å². The van der Waals surface area contributed by atoms with Crippen LogP contribution in [-0.4, -0.2) is 43.4 Å². The van der Waals surface area contributed by atoms with Gasteiger partial charge in [-0.2, -0.15) is 26.3 Å². The van der Waals surface area contributed by atoms with Crippen LogP contribution in [0.5, 0.6) is 0 Å². The molecule has 0 bridgehead atoms. The molecule has 5 nitrogen and oxygen atoms in total. The van der Waals surface area contributed by atoms with E-state index >= 15 is 0 Å². The minimum absolute atomic E-state index is 0.0307. The SMILES string of the molecule is COC(CNCC1=CC(C)ON1C)c1cc(C(F)(F)F)nc2c(C(F)(F)F)cccc12. The Hall–Kier alpha value is -2.37. The van der Waals surface area contributed by atoms with Crippen molar-refractivity contribution in [2.24, 2.45) is 0 Å². The van der Waals surface area contributed by atoms with Crippen molar-refractivity contribution in [1.29, 1.82) is 0 Å². The number of hydrogen-bond donors (Lipinski definition) is 1. The Morgan fingerprint density at radius 1 is 1.19 bits per heavy atom. The second kappa shape index (κ2) is 8.64. The van der Waals surface area contributed by atoms with E-state index in [2.05, 4.69) is 10.3 Å². The van der Waals surface area contributed by atoms with E-state index in [1.54, 1.807) is 12.1 Å². The van der Waals surface area contributed by atoms with Gasteiger partial charge in [0.1, 0.15) is 11.8 Å². The lowest BCUT2D eigenvalue weighted by Crippen LogP contribution is -2.29. The molecule has 0 aliphatic carbocycles. The van der Waals surface area contributed by atoms with E-state index in [-0.39, 0.29) is 23.6 Å². The van der Waals surface area contributed by atoms with Crippen LogP contribution in [0.1, 0.15) is 29.8 Å². The Labute approximate surface area is 174 Å². The first-order chi connectivity index (χ1) is 14.4. The normalized spacial score (nSPS) is 18.5. The quantitative estimate of drug-likeness (QED) is 0.648. The summed E-state index contributed by atoms with van der Waals surface area (Å²) in [5.74, 6) is 0. The zero-order chi connectivity index (χ0) is 23.0. The van der Waals surface area contributed by atoms with Crippen LogP contribution >= 0.6 is 0 Å². The zero-order valence-corrected chi connectivity index (χ0v) is 16.9. The van der Waals surface area contributed by atoms with Gasteiger partial charge >= 0.3 is 12.4 Å². The maximum atomic E-state index is 13.4. The molecule has 1 N–H and O–H groups in total. The Balaban J connectivity index is 1.99. The number of hydroxylamine groups is 2. The monoisotopic (exact) mass is 449 g/mol. The molecule has 1 aliphatic heterocycles. The molecule has 0 saturated heterocycles. The average Bonchev–Trinajstić information content (AvgIpc) is 2.99. The first kappa shape index (κ1) is 23.3. The maximum Gasteiger partial charge on any atom is 0.433 e. The summed E-state index contributed by atoms with van der Waals surface area (Å²) in [6.07, 6.45) is -8.96. The van der Waals surface area contributed by atoms with Crippen molar-refractivity contribution in [3.05, 3.63) is 52.9 Å². The largest absolute Gasteiger partial charge is 0.433 e. The molecule has 1 aliphatic rings. The second-order valence-electron chi connectivity index (χ2n) is 7.12. The molecular formula is C20H21F6N3O2. The number of halogens is 6. The Bertz CT molecular complexity index is 974. The number of nitrogens with one attached hydrogen (secondary N) is 1. The van der Waals surface area contributed by atoms with Gasteiger partial charge in [0, 0.05) is 32.6 Å². The molecule has 0 saturated carbocycles. The fraction of sp³-hybridized carbons (Fsp3) is 0.450. The third-order valence-corrected chi connectivity index (χ3v) is 4.89. The molecule has 0 amide bonds. The number of aromatic nitrogens is 1. The number of para-hydroxylation sites is 1. The number of alkyl halides is 6. The summed E-state index contributed by atoms with van der Waals surface area (Å²) in [5.41, 5.74) is -2.62. The van der Waals surface area contributed by atoms with E-state index in [9.17, 15) is 26.3 Å². The summed E-state index contributed by atoms with van der Waals surface area (Å²) < 4.78 is 85.8. The van der Waals surface area contributed by atoms with Gasteiger partial charge in [0.15, 0.2) is 0 Å². The third-order valence-electron chi connectivity index (χ3n) is 4.89. The first-order valence-corrected chi connectivity index (χ1v) is 9.34. The lowest BCUT2D eigenvalue weighted by atomic mass is 9.99. The smallest absolute Gasteiger partial charge is 0.375 e. The van der Waals surface area contributed by atoms with Crippen molar-refractivity contribution in [2.45, 2.75) is 31.5 Å². The fourth-order valence-corrected chi connectivity index (χ4v) is 3.46. The van der Waals surface area contributed by atoms with Crippen LogP contribution < -0.4 is 5.32 Å². The van der Waals surface area contributed by atoms with E-state index in [4.69, 9.17) is 9.57 Å². The summed E-state index contributed by atoms with van der Waals surface area (Å²) in [6.45, 7) is 2.24. The van der Waals surface area contributed by atoms with E-state index in [0.29, 0.717) is 12.6 Å². The number of methoxy groups -OCH3 is 1. The highest BCUT2D eigenvalue weighted by molar-refractivity contribution is 5.86. The molecule has 2 aromatic rings. The molecule has 0 spiro atoms. The second-order valence-corrected chi connectivity index (χ2v) is 7.12. The van der Waals surface area contributed by atoms with Gasteiger partial charge in [-0.05, 0) is 30.7 Å². The predicted molar refractivity (Wildman–Crippen MR) is 101 cm³/mol. The van der Waals surface area contributed by atoms with Crippen molar-refractivity contribution < 1.29 is 35.9 Å². The molecule has 170 valence electrons. The summed E-state index contributed by atoms with van der Waals surface area (Å²) >= 11 is 0. The van der Waals surface area contributed by atoms with Gasteiger partial charge in [0.05, 0.1) is 22.9 Å². The number of benzene rings is 1. The Kier molecular flexibility index (Phi) is 6.49. The van der Waals surface area contributed by atoms with Gasteiger partial charge in [-0.15, -0.1) is 0 Å². The van der Waals surface area contributed by atoms with Crippen LogP contribution in [0.25, 0.3) is 10.9 Å². The summed E-state index contributed by atoms with van der Waals surface area (Å²) in [4.78, 5) is 8.73. The molecule has 0 radical (unpaired) electrons. The number of likely N-dealkylation sites (N-methyl/N-ethyl adjacent to an activating group) is 1. The Morgan fingerprint density at radius 2 is 1.90 bits per heavy atom. The van der Waals surface area contributed by atoms with Gasteiger partial charge in [-0.25, -0.2) is 4.98 Å². The van der Waals surface area contributed by atoms with Crippen molar-refractivity contribution >= 4 is 10.9 Å².